The van der Waals surface area contributed by atoms with Crippen LogP contribution in [0.2, 0.25) is 0 Å². The molecule has 0 saturated carbocycles. The lowest BCUT2D eigenvalue weighted by Crippen LogP contribution is -2.43. The molecule has 7 heteroatoms. The number of likely N-dealkylation sites (tertiary alicyclic amines) is 1. The van der Waals surface area contributed by atoms with Gasteiger partial charge in [0.25, 0.3) is 0 Å². The normalized spacial score (nSPS) is 17.7. The second-order valence-corrected chi connectivity index (χ2v) is 9.14. The molecule has 2 aromatic rings. The summed E-state index contributed by atoms with van der Waals surface area (Å²) >= 11 is 0. The van der Waals surface area contributed by atoms with Gasteiger partial charge in [0.2, 0.25) is 5.91 Å². The van der Waals surface area contributed by atoms with E-state index in [1.54, 1.807) is 4.90 Å². The molecule has 0 aromatic heterocycles. The number of nitrogens with zero attached hydrogens (tertiary/aromatic N) is 1. The molecule has 0 bridgehead atoms. The average Bonchev–Trinajstić information content (AvgIpc) is 3.40. The van der Waals surface area contributed by atoms with Crippen LogP contribution in [0.3, 0.4) is 0 Å². The lowest BCUT2D eigenvalue weighted by molar-refractivity contribution is -0.140. The van der Waals surface area contributed by atoms with E-state index in [0.29, 0.717) is 19.4 Å². The number of hydrogen-bond donors (Lipinski definition) is 2. The first kappa shape index (κ1) is 23.8. The Morgan fingerprint density at radius 2 is 1.74 bits per heavy atom. The van der Waals surface area contributed by atoms with Crippen molar-refractivity contribution in [2.75, 3.05) is 13.2 Å². The van der Waals surface area contributed by atoms with Gasteiger partial charge >= 0.3 is 12.1 Å². The molecule has 0 unspecified atom stereocenters. The van der Waals surface area contributed by atoms with E-state index in [-0.39, 0.29) is 43.4 Å². The zero-order chi connectivity index (χ0) is 24.1. The molecule has 2 atom stereocenters. The van der Waals surface area contributed by atoms with Gasteiger partial charge in [-0.3, -0.25) is 9.59 Å². The number of carbonyl (C=O) groups is 3. The Labute approximate surface area is 200 Å². The Bertz CT molecular complexity index is 1010. The molecule has 7 nitrogen and oxygen atoms in total. The molecule has 1 aliphatic carbocycles. The smallest absolute Gasteiger partial charge is 0.407 e. The quantitative estimate of drug-likeness (QED) is 0.568. The van der Waals surface area contributed by atoms with Crippen molar-refractivity contribution in [3.05, 3.63) is 59.7 Å². The lowest BCUT2D eigenvalue weighted by Gasteiger charge is -2.26. The van der Waals surface area contributed by atoms with Crippen LogP contribution in [0.4, 0.5) is 4.79 Å². The topological polar surface area (TPSA) is 95.9 Å². The minimum Gasteiger partial charge on any atom is -0.481 e. The number of carboxylic acid groups (broad SMARTS) is 1. The van der Waals surface area contributed by atoms with E-state index < -0.39 is 12.1 Å². The fraction of sp³-hybridized carbons (Fsp3) is 0.444. The fourth-order valence-electron chi connectivity index (χ4n) is 5.29. The van der Waals surface area contributed by atoms with E-state index in [2.05, 4.69) is 29.6 Å². The first-order valence-corrected chi connectivity index (χ1v) is 12.1. The second kappa shape index (κ2) is 10.7. The van der Waals surface area contributed by atoms with Crippen molar-refractivity contribution in [2.24, 2.45) is 0 Å². The van der Waals surface area contributed by atoms with Crippen molar-refractivity contribution in [3.8, 4) is 11.1 Å². The van der Waals surface area contributed by atoms with E-state index in [1.807, 2.05) is 31.2 Å². The van der Waals surface area contributed by atoms with Gasteiger partial charge < -0.3 is 20.1 Å². The van der Waals surface area contributed by atoms with Gasteiger partial charge in [0.1, 0.15) is 6.61 Å². The van der Waals surface area contributed by atoms with Gasteiger partial charge in [-0.15, -0.1) is 0 Å². The van der Waals surface area contributed by atoms with Crippen molar-refractivity contribution in [1.29, 1.82) is 0 Å². The molecule has 2 aliphatic rings. The van der Waals surface area contributed by atoms with Crippen molar-refractivity contribution in [3.63, 3.8) is 0 Å². The molecular weight excluding hydrogens is 432 g/mol. The van der Waals surface area contributed by atoms with Crippen LogP contribution < -0.4 is 5.32 Å². The number of alkyl carbamates (subject to hydrolysis) is 1. The van der Waals surface area contributed by atoms with Gasteiger partial charge in [-0.05, 0) is 41.5 Å². The van der Waals surface area contributed by atoms with Gasteiger partial charge in [-0.25, -0.2) is 4.79 Å². The van der Waals surface area contributed by atoms with E-state index >= 15 is 0 Å². The number of ether oxygens (including phenoxy) is 1. The predicted octanol–water partition coefficient (Wildman–Crippen LogP) is 4.55. The zero-order valence-electron chi connectivity index (χ0n) is 19.5. The lowest BCUT2D eigenvalue weighted by atomic mass is 9.98. The number of aliphatic carboxylic acids is 1. The molecule has 34 heavy (non-hydrogen) atoms. The molecular formula is C27H32N2O5. The zero-order valence-corrected chi connectivity index (χ0v) is 19.5. The molecule has 1 heterocycles. The molecule has 0 radical (unpaired) electrons. The highest BCUT2D eigenvalue weighted by atomic mass is 16.5. The van der Waals surface area contributed by atoms with E-state index in [4.69, 9.17) is 9.84 Å². The maximum Gasteiger partial charge on any atom is 0.407 e. The van der Waals surface area contributed by atoms with Crippen LogP contribution in [0.25, 0.3) is 11.1 Å². The van der Waals surface area contributed by atoms with Gasteiger partial charge in [0.05, 0.1) is 6.42 Å². The van der Waals surface area contributed by atoms with E-state index in [1.165, 1.54) is 11.1 Å². The Hall–Kier alpha value is -3.35. The summed E-state index contributed by atoms with van der Waals surface area (Å²) in [4.78, 5) is 38.4. The number of carbonyl (C=O) groups excluding carboxylic acids is 2. The van der Waals surface area contributed by atoms with Crippen LogP contribution in [0, 0.1) is 0 Å². The van der Waals surface area contributed by atoms with Gasteiger partial charge in [-0.2, -0.15) is 0 Å². The van der Waals surface area contributed by atoms with Gasteiger partial charge in [0, 0.05) is 31.0 Å². The Morgan fingerprint density at radius 3 is 2.35 bits per heavy atom. The standard InChI is InChI=1S/C27H32N2O5/c1-2-8-18(15-25(30)29-14-7-9-19(29)16-26(31)32)28-27(33)34-17-24-22-12-5-3-10-20(22)21-11-4-6-13-23(21)24/h3-6,10-13,18-19,24H,2,7-9,14-17H2,1H3,(H,28,33)(H,31,32)/t18-,19+/m1/s1. The minimum absolute atomic E-state index is 0.0224. The third-order valence-electron chi connectivity index (χ3n) is 6.83. The highest BCUT2D eigenvalue weighted by Crippen LogP contribution is 2.44. The highest BCUT2D eigenvalue weighted by molar-refractivity contribution is 5.80. The van der Waals surface area contributed by atoms with Gasteiger partial charge in [0.15, 0.2) is 0 Å². The summed E-state index contributed by atoms with van der Waals surface area (Å²) in [5.74, 6) is -1.03. The molecule has 1 aliphatic heterocycles. The van der Waals surface area contributed by atoms with Crippen LogP contribution in [0.15, 0.2) is 48.5 Å². The number of benzene rings is 2. The Kier molecular flexibility index (Phi) is 7.50. The molecule has 4 rings (SSSR count). The van der Waals surface area contributed by atoms with Gasteiger partial charge in [-0.1, -0.05) is 61.9 Å². The summed E-state index contributed by atoms with van der Waals surface area (Å²) in [5.41, 5.74) is 4.64. The van der Waals surface area contributed by atoms with E-state index in [0.717, 1.165) is 24.0 Å². The van der Waals surface area contributed by atoms with Crippen LogP contribution in [-0.4, -0.2) is 53.2 Å². The van der Waals surface area contributed by atoms with Crippen LogP contribution in [0.1, 0.15) is 62.5 Å². The second-order valence-electron chi connectivity index (χ2n) is 9.14. The number of rotatable bonds is 9. The van der Waals surface area contributed by atoms with Crippen LogP contribution >= 0.6 is 0 Å². The van der Waals surface area contributed by atoms with Crippen molar-refractivity contribution >= 4 is 18.0 Å². The summed E-state index contributed by atoms with van der Waals surface area (Å²) < 4.78 is 5.64. The Morgan fingerprint density at radius 1 is 1.09 bits per heavy atom. The van der Waals surface area contributed by atoms with Crippen molar-refractivity contribution in [2.45, 2.75) is 63.5 Å². The van der Waals surface area contributed by atoms with E-state index in [9.17, 15) is 14.4 Å². The minimum atomic E-state index is -0.897. The number of hydrogen-bond acceptors (Lipinski definition) is 4. The fourth-order valence-corrected chi connectivity index (χ4v) is 5.29. The average molecular weight is 465 g/mol. The van der Waals surface area contributed by atoms with Crippen LogP contribution in [-0.2, 0) is 14.3 Å². The van der Waals surface area contributed by atoms with Crippen molar-refractivity contribution < 1.29 is 24.2 Å². The van der Waals surface area contributed by atoms with Crippen LogP contribution in [0.5, 0.6) is 0 Å². The highest BCUT2D eigenvalue weighted by Gasteiger charge is 2.32. The molecule has 0 spiro atoms. The van der Waals surface area contributed by atoms with Crippen molar-refractivity contribution in [1.82, 2.24) is 10.2 Å². The molecule has 180 valence electrons. The summed E-state index contributed by atoms with van der Waals surface area (Å²) in [6.45, 7) is 2.79. The molecule has 1 fully saturated rings. The summed E-state index contributed by atoms with van der Waals surface area (Å²) in [5, 5.41) is 12.0. The third kappa shape index (κ3) is 5.24. The first-order chi connectivity index (χ1) is 16.5. The largest absolute Gasteiger partial charge is 0.481 e. The third-order valence-corrected chi connectivity index (χ3v) is 6.83. The molecule has 1 saturated heterocycles. The predicted molar refractivity (Wildman–Crippen MR) is 129 cm³/mol. The summed E-state index contributed by atoms with van der Waals surface area (Å²) in [6, 6.07) is 15.7. The summed E-state index contributed by atoms with van der Waals surface area (Å²) in [7, 11) is 0. The molecule has 2 aromatic carbocycles. The SMILES string of the molecule is CCC[C@H](CC(=O)N1CCC[C@H]1CC(=O)O)NC(=O)OCC1c2ccccc2-c2ccccc21. The number of nitrogens with one attached hydrogen (secondary N) is 1. The maximum absolute atomic E-state index is 12.9. The Balaban J connectivity index is 1.36. The number of fused-ring (bicyclic) bond motifs is 3. The maximum atomic E-state index is 12.9. The monoisotopic (exact) mass is 464 g/mol. The first-order valence-electron chi connectivity index (χ1n) is 12.1. The molecule has 2 amide bonds. The number of carboxylic acids is 1. The number of amides is 2. The summed E-state index contributed by atoms with van der Waals surface area (Å²) in [6.07, 6.45) is 2.54. The molecule has 2 N–H and O–H groups in total.